The van der Waals surface area contributed by atoms with Gasteiger partial charge in [-0.3, -0.25) is 14.4 Å². The smallest absolute Gasteiger partial charge is 0.416 e. The molecule has 1 unspecified atom stereocenters. The molecule has 0 saturated carbocycles. The molecule has 0 radical (unpaired) electrons. The first-order chi connectivity index (χ1) is 25.5. The maximum Gasteiger partial charge on any atom is 0.416 e. The number of benzene rings is 1. The first-order valence-electron chi connectivity index (χ1n) is 17.0. The number of hydrogen-bond acceptors (Lipinski definition) is 11. The molecule has 15 nitrogen and oxygen atoms in total. The predicted octanol–water partition coefficient (Wildman–Crippen LogP) is 3.81. The molecule has 2 aliphatic rings. The van der Waals surface area contributed by atoms with Crippen LogP contribution in [0.25, 0.3) is 11.4 Å². The van der Waals surface area contributed by atoms with Gasteiger partial charge in [0.05, 0.1) is 40.0 Å². The van der Waals surface area contributed by atoms with Crippen molar-refractivity contribution in [3.05, 3.63) is 74.4 Å². The van der Waals surface area contributed by atoms with Gasteiger partial charge in [0, 0.05) is 32.4 Å². The molecule has 2 amide bonds. The highest BCUT2D eigenvalue weighted by Crippen LogP contribution is 2.34. The number of ether oxygens (including phenoxy) is 1. The number of aryl methyl sites for hydroxylation is 1. The van der Waals surface area contributed by atoms with E-state index in [0.29, 0.717) is 35.9 Å². The number of allylic oxidation sites excluding steroid dienone is 2. The molecule has 20 heteroatoms. The van der Waals surface area contributed by atoms with Crippen LogP contribution in [-0.2, 0) is 33.8 Å². The zero-order chi connectivity index (χ0) is 39.1. The quantitative estimate of drug-likeness (QED) is 0.261. The fourth-order valence-electron chi connectivity index (χ4n) is 6.74. The van der Waals surface area contributed by atoms with E-state index >= 15 is 0 Å². The van der Waals surface area contributed by atoms with E-state index in [1.807, 2.05) is 4.90 Å². The number of hydrogen-bond donors (Lipinski definition) is 1. The van der Waals surface area contributed by atoms with E-state index < -0.39 is 44.8 Å². The van der Waals surface area contributed by atoms with Gasteiger partial charge in [-0.2, -0.15) is 22.7 Å². The summed E-state index contributed by atoms with van der Waals surface area (Å²) >= 11 is 6.13. The molecule has 1 fully saturated rings. The lowest BCUT2D eigenvalue weighted by atomic mass is 9.99. The number of rotatable bonds is 9. The molecule has 0 spiro atoms. The summed E-state index contributed by atoms with van der Waals surface area (Å²) in [7, 11) is -1.85. The van der Waals surface area contributed by atoms with Crippen LogP contribution in [0, 0.1) is 6.92 Å². The van der Waals surface area contributed by atoms with Crippen molar-refractivity contribution in [1.29, 1.82) is 0 Å². The first kappa shape index (κ1) is 38.7. The number of nitrogens with one attached hydrogen (secondary N) is 1. The SMILES string of the molecule is CCc1c(N2CCN(C(=O)c3ncnc(C)c3OC)CC2)c(=O)n2nc(C3=CCC(S(C)(=O)=O)CC3)nc2n1CC(=O)Nc1ccc(C(F)(F)F)cc1Cl. The van der Waals surface area contributed by atoms with E-state index in [1.165, 1.54) is 24.3 Å². The van der Waals surface area contributed by atoms with Crippen LogP contribution >= 0.6 is 11.6 Å². The molecule has 1 aliphatic heterocycles. The topological polar surface area (TPSA) is 174 Å². The molecule has 1 aromatic carbocycles. The van der Waals surface area contributed by atoms with Gasteiger partial charge in [-0.05, 0) is 56.4 Å². The highest BCUT2D eigenvalue weighted by Gasteiger charge is 2.33. The third-order valence-electron chi connectivity index (χ3n) is 9.56. The number of halogens is 4. The average Bonchev–Trinajstić information content (AvgIpc) is 3.59. The lowest BCUT2D eigenvalue weighted by Crippen LogP contribution is -2.51. The third kappa shape index (κ3) is 7.64. The molecule has 3 aromatic heterocycles. The Morgan fingerprint density at radius 3 is 2.44 bits per heavy atom. The van der Waals surface area contributed by atoms with Crippen LogP contribution in [0.4, 0.5) is 24.5 Å². The Bertz CT molecular complexity index is 2340. The summed E-state index contributed by atoms with van der Waals surface area (Å²) in [5.41, 5.74) is 0.402. The second kappa shape index (κ2) is 15.0. The molecular formula is C34H37ClF3N9O6S. The predicted molar refractivity (Wildman–Crippen MR) is 194 cm³/mol. The van der Waals surface area contributed by atoms with Crippen molar-refractivity contribution >= 4 is 56.0 Å². The molecule has 4 aromatic rings. The molecule has 54 heavy (non-hydrogen) atoms. The summed E-state index contributed by atoms with van der Waals surface area (Å²) < 4.78 is 72.1. The van der Waals surface area contributed by atoms with Gasteiger partial charge in [0.1, 0.15) is 18.6 Å². The van der Waals surface area contributed by atoms with E-state index in [9.17, 15) is 36.0 Å². The molecule has 6 rings (SSSR count). The largest absolute Gasteiger partial charge is 0.492 e. The third-order valence-corrected chi connectivity index (χ3v) is 11.5. The zero-order valence-corrected chi connectivity index (χ0v) is 31.3. The van der Waals surface area contributed by atoms with Crippen molar-refractivity contribution in [3.63, 3.8) is 0 Å². The van der Waals surface area contributed by atoms with Crippen molar-refractivity contribution in [1.82, 2.24) is 34.0 Å². The van der Waals surface area contributed by atoms with E-state index in [4.69, 9.17) is 16.3 Å². The maximum absolute atomic E-state index is 14.3. The number of anilines is 2. The number of amides is 2. The van der Waals surface area contributed by atoms with Crippen molar-refractivity contribution in [2.24, 2.45) is 0 Å². The molecule has 4 heterocycles. The Hall–Kier alpha value is -5.04. The van der Waals surface area contributed by atoms with Crippen molar-refractivity contribution in [2.45, 2.75) is 57.5 Å². The van der Waals surface area contributed by atoms with Gasteiger partial charge in [-0.15, -0.1) is 5.10 Å². The maximum atomic E-state index is 14.3. The van der Waals surface area contributed by atoms with Gasteiger partial charge in [0.2, 0.25) is 11.7 Å². The standard InChI is InChI=1S/C34H37ClF3N9O6S/c1-5-25-28(44-12-14-45(15-13-44)31(49)27-29(53-3)19(2)39-18-40-27)32(50)47-33(42-30(43-47)20-6-9-22(10-7-20)54(4,51)52)46(25)17-26(48)41-24-11-8-21(16-23(24)35)34(36,37)38/h6,8,11,16,18,22H,5,7,9-10,12-15,17H2,1-4H3,(H,41,48). The number of piperazine rings is 1. The molecule has 288 valence electrons. The number of carbonyl (C=O) groups is 2. The van der Waals surface area contributed by atoms with Crippen LogP contribution in [0.2, 0.25) is 5.02 Å². The zero-order valence-electron chi connectivity index (χ0n) is 29.8. The number of alkyl halides is 3. The van der Waals surface area contributed by atoms with Crippen LogP contribution < -0.4 is 20.5 Å². The molecule has 1 atom stereocenters. The minimum absolute atomic E-state index is 0.0374. The lowest BCUT2D eigenvalue weighted by Gasteiger charge is -2.36. The van der Waals surface area contributed by atoms with Crippen molar-refractivity contribution in [2.75, 3.05) is 49.8 Å². The van der Waals surface area contributed by atoms with Gasteiger partial charge in [-0.1, -0.05) is 24.6 Å². The summed E-state index contributed by atoms with van der Waals surface area (Å²) in [6.45, 7) is 3.98. The molecule has 1 saturated heterocycles. The Balaban J connectivity index is 1.36. The number of carbonyl (C=O) groups excluding carboxylic acids is 2. The molecule has 1 N–H and O–H groups in total. The van der Waals surface area contributed by atoms with Crippen LogP contribution in [0.3, 0.4) is 0 Å². The number of methoxy groups -OCH3 is 1. The highest BCUT2D eigenvalue weighted by atomic mass is 35.5. The van der Waals surface area contributed by atoms with Crippen LogP contribution in [-0.4, -0.2) is 99.1 Å². The lowest BCUT2D eigenvalue weighted by molar-refractivity contribution is -0.137. The fourth-order valence-corrected chi connectivity index (χ4v) is 7.95. The number of aromatic nitrogens is 6. The highest BCUT2D eigenvalue weighted by molar-refractivity contribution is 7.91. The minimum Gasteiger partial charge on any atom is -0.492 e. The average molecular weight is 792 g/mol. The van der Waals surface area contributed by atoms with Crippen LogP contribution in [0.1, 0.15) is 59.5 Å². The molecule has 1 aliphatic carbocycles. The van der Waals surface area contributed by atoms with Gasteiger partial charge >= 0.3 is 6.18 Å². The summed E-state index contributed by atoms with van der Waals surface area (Å²) in [6.07, 6.45) is 0.772. The molecule has 0 bridgehead atoms. The van der Waals surface area contributed by atoms with E-state index in [1.54, 1.807) is 24.8 Å². The first-order valence-corrected chi connectivity index (χ1v) is 19.3. The summed E-state index contributed by atoms with van der Waals surface area (Å²) in [5.74, 6) is -0.522. The van der Waals surface area contributed by atoms with E-state index in [2.05, 4.69) is 25.4 Å². The normalized spacial score (nSPS) is 16.7. The fraction of sp³-hybridized carbons (Fsp3) is 0.441. The second-order valence-corrected chi connectivity index (χ2v) is 15.7. The summed E-state index contributed by atoms with van der Waals surface area (Å²) in [4.78, 5) is 57.7. The Kier molecular flexibility index (Phi) is 10.7. The Morgan fingerprint density at radius 1 is 1.13 bits per heavy atom. The Morgan fingerprint density at radius 2 is 1.85 bits per heavy atom. The van der Waals surface area contributed by atoms with Crippen molar-refractivity contribution < 1.29 is 35.9 Å². The second-order valence-electron chi connectivity index (χ2n) is 13.0. The number of sulfone groups is 1. The van der Waals surface area contributed by atoms with E-state index in [-0.39, 0.29) is 84.4 Å². The van der Waals surface area contributed by atoms with Crippen LogP contribution in [0.5, 0.6) is 5.75 Å². The Labute approximate surface area is 312 Å². The van der Waals surface area contributed by atoms with E-state index in [0.717, 1.165) is 16.6 Å². The van der Waals surface area contributed by atoms with Gasteiger partial charge in [-0.25, -0.2) is 18.4 Å². The number of fused-ring (bicyclic) bond motifs is 1. The van der Waals surface area contributed by atoms with Crippen LogP contribution in [0.15, 0.2) is 35.4 Å². The monoisotopic (exact) mass is 791 g/mol. The van der Waals surface area contributed by atoms with Gasteiger partial charge < -0.3 is 24.4 Å². The van der Waals surface area contributed by atoms with Crippen molar-refractivity contribution in [3.8, 4) is 5.75 Å². The molecular weight excluding hydrogens is 755 g/mol. The summed E-state index contributed by atoms with van der Waals surface area (Å²) in [5, 5.41) is 6.23. The minimum atomic E-state index is -4.63. The number of nitrogens with zero attached hydrogens (tertiary/aromatic N) is 8. The van der Waals surface area contributed by atoms with Gasteiger partial charge in [0.15, 0.2) is 27.1 Å². The summed E-state index contributed by atoms with van der Waals surface area (Å²) in [6, 6.07) is 2.58. The van der Waals surface area contributed by atoms with Gasteiger partial charge in [0.25, 0.3) is 11.5 Å².